The Balaban J connectivity index is 1.51. The zero-order valence-electron chi connectivity index (χ0n) is 17.8. The minimum absolute atomic E-state index is 0.00794. The molecule has 4 nitrogen and oxygen atoms in total. The molecule has 3 rings (SSSR count). The molecule has 1 aliphatic rings. The Morgan fingerprint density at radius 2 is 1.38 bits per heavy atom. The van der Waals surface area contributed by atoms with Crippen LogP contribution in [0.2, 0.25) is 0 Å². The summed E-state index contributed by atoms with van der Waals surface area (Å²) < 4.78 is 0. The Kier molecular flexibility index (Phi) is 6.73. The van der Waals surface area contributed by atoms with Gasteiger partial charge in [0.2, 0.25) is 0 Å². The number of benzene rings is 2. The van der Waals surface area contributed by atoms with Crippen LogP contribution in [0.25, 0.3) is 0 Å². The van der Waals surface area contributed by atoms with Gasteiger partial charge in [-0.1, -0.05) is 64.3 Å². The molecule has 0 bridgehead atoms. The van der Waals surface area contributed by atoms with Gasteiger partial charge in [-0.3, -0.25) is 9.59 Å². The van der Waals surface area contributed by atoms with Crippen LogP contribution in [0.5, 0.6) is 0 Å². The van der Waals surface area contributed by atoms with Crippen LogP contribution in [-0.4, -0.2) is 17.9 Å². The molecule has 1 aliphatic carbocycles. The largest absolute Gasteiger partial charge is 0.349 e. The summed E-state index contributed by atoms with van der Waals surface area (Å²) in [7, 11) is 0. The van der Waals surface area contributed by atoms with E-state index in [0.717, 1.165) is 18.4 Å². The number of hydrogen-bond donors (Lipinski definition) is 2. The second-order valence-corrected chi connectivity index (χ2v) is 9.02. The summed E-state index contributed by atoms with van der Waals surface area (Å²) in [5.41, 5.74) is 3.57. The molecule has 29 heavy (non-hydrogen) atoms. The fourth-order valence-corrected chi connectivity index (χ4v) is 3.70. The summed E-state index contributed by atoms with van der Waals surface area (Å²) in [4.78, 5) is 24.8. The Labute approximate surface area is 174 Å². The van der Waals surface area contributed by atoms with Gasteiger partial charge in [0.15, 0.2) is 0 Å². The highest BCUT2D eigenvalue weighted by Gasteiger charge is 2.17. The molecule has 154 valence electrons. The van der Waals surface area contributed by atoms with Crippen molar-refractivity contribution in [2.24, 2.45) is 0 Å². The average Bonchev–Trinajstić information content (AvgIpc) is 2.72. The summed E-state index contributed by atoms with van der Waals surface area (Å²) >= 11 is 0. The highest BCUT2D eigenvalue weighted by Crippen LogP contribution is 2.22. The van der Waals surface area contributed by atoms with Crippen molar-refractivity contribution in [2.75, 3.05) is 0 Å². The Bertz CT molecular complexity index is 827. The van der Waals surface area contributed by atoms with Crippen LogP contribution in [0, 0.1) is 0 Å². The first-order valence-corrected chi connectivity index (χ1v) is 10.6. The van der Waals surface area contributed by atoms with E-state index < -0.39 is 0 Å². The van der Waals surface area contributed by atoms with Crippen LogP contribution >= 0.6 is 0 Å². The fraction of sp³-hybridized carbons (Fsp3) is 0.440. The zero-order valence-corrected chi connectivity index (χ0v) is 17.8. The van der Waals surface area contributed by atoms with E-state index in [1.165, 1.54) is 24.8 Å². The maximum Gasteiger partial charge on any atom is 0.251 e. The highest BCUT2D eigenvalue weighted by atomic mass is 16.2. The van der Waals surface area contributed by atoms with Gasteiger partial charge in [0.05, 0.1) is 0 Å². The number of carbonyl (C=O) groups excluding carboxylic acids is 2. The Morgan fingerprint density at radius 3 is 1.97 bits per heavy atom. The topological polar surface area (TPSA) is 58.2 Å². The van der Waals surface area contributed by atoms with Crippen molar-refractivity contribution in [3.63, 3.8) is 0 Å². The Hall–Kier alpha value is -2.62. The normalized spacial score (nSPS) is 15.0. The molecule has 1 fully saturated rings. The van der Waals surface area contributed by atoms with Crippen molar-refractivity contribution in [3.05, 3.63) is 70.8 Å². The van der Waals surface area contributed by atoms with Crippen LogP contribution < -0.4 is 10.6 Å². The molecule has 0 aromatic heterocycles. The van der Waals surface area contributed by atoms with E-state index in [1.807, 2.05) is 48.5 Å². The standard InChI is InChI=1S/C25H32N2O2/c1-25(2,3)21-15-13-19(14-16-21)23(28)26-17-18-9-11-20(12-10-18)24(29)27-22-7-5-4-6-8-22/h9-16,22H,4-8,17H2,1-3H3,(H,26,28)(H,27,29). The molecule has 2 N–H and O–H groups in total. The maximum atomic E-state index is 12.4. The summed E-state index contributed by atoms with van der Waals surface area (Å²) in [5, 5.41) is 6.08. The number of hydrogen-bond acceptors (Lipinski definition) is 2. The molecule has 0 atom stereocenters. The molecule has 2 aromatic carbocycles. The lowest BCUT2D eigenvalue weighted by Crippen LogP contribution is -2.36. The van der Waals surface area contributed by atoms with Gasteiger partial charge < -0.3 is 10.6 Å². The van der Waals surface area contributed by atoms with Gasteiger partial charge in [0, 0.05) is 23.7 Å². The molecule has 0 heterocycles. The van der Waals surface area contributed by atoms with E-state index in [0.29, 0.717) is 23.7 Å². The first-order chi connectivity index (χ1) is 13.8. The smallest absolute Gasteiger partial charge is 0.251 e. The third-order valence-electron chi connectivity index (χ3n) is 5.62. The van der Waals surface area contributed by atoms with Crippen molar-refractivity contribution < 1.29 is 9.59 Å². The lowest BCUT2D eigenvalue weighted by molar-refractivity contribution is 0.0924. The highest BCUT2D eigenvalue weighted by molar-refractivity contribution is 5.95. The van der Waals surface area contributed by atoms with Crippen LogP contribution in [0.3, 0.4) is 0 Å². The van der Waals surface area contributed by atoms with Gasteiger partial charge in [-0.15, -0.1) is 0 Å². The summed E-state index contributed by atoms with van der Waals surface area (Å²) in [6.45, 7) is 6.90. The molecule has 0 aliphatic heterocycles. The molecule has 0 saturated heterocycles. The van der Waals surface area contributed by atoms with Gasteiger partial charge in [-0.05, 0) is 53.6 Å². The van der Waals surface area contributed by atoms with E-state index in [2.05, 4.69) is 31.4 Å². The van der Waals surface area contributed by atoms with Crippen molar-refractivity contribution in [1.82, 2.24) is 10.6 Å². The van der Waals surface area contributed by atoms with Gasteiger partial charge in [-0.2, -0.15) is 0 Å². The predicted molar refractivity (Wildman–Crippen MR) is 117 cm³/mol. The van der Waals surface area contributed by atoms with Crippen LogP contribution in [0.1, 0.15) is 84.7 Å². The molecular weight excluding hydrogens is 360 g/mol. The van der Waals surface area contributed by atoms with Crippen LogP contribution in [-0.2, 0) is 12.0 Å². The van der Waals surface area contributed by atoms with Crippen molar-refractivity contribution in [1.29, 1.82) is 0 Å². The van der Waals surface area contributed by atoms with Gasteiger partial charge in [-0.25, -0.2) is 0 Å². The van der Waals surface area contributed by atoms with E-state index >= 15 is 0 Å². The van der Waals surface area contributed by atoms with E-state index in [9.17, 15) is 9.59 Å². The first kappa shape index (κ1) is 21.1. The molecule has 2 amide bonds. The molecule has 0 spiro atoms. The number of carbonyl (C=O) groups is 2. The SMILES string of the molecule is CC(C)(C)c1ccc(C(=O)NCc2ccc(C(=O)NC3CCCCC3)cc2)cc1. The Morgan fingerprint density at radius 1 is 0.828 bits per heavy atom. The summed E-state index contributed by atoms with van der Waals surface area (Å²) in [6.07, 6.45) is 5.82. The van der Waals surface area contributed by atoms with E-state index in [4.69, 9.17) is 0 Å². The molecule has 0 radical (unpaired) electrons. The molecule has 0 unspecified atom stereocenters. The van der Waals surface area contributed by atoms with Crippen molar-refractivity contribution in [2.45, 2.75) is 70.9 Å². The van der Waals surface area contributed by atoms with Crippen LogP contribution in [0.15, 0.2) is 48.5 Å². The van der Waals surface area contributed by atoms with Gasteiger partial charge in [0.1, 0.15) is 0 Å². The quantitative estimate of drug-likeness (QED) is 0.754. The minimum Gasteiger partial charge on any atom is -0.349 e. The molecule has 4 heteroatoms. The number of rotatable bonds is 5. The van der Waals surface area contributed by atoms with Crippen molar-refractivity contribution in [3.8, 4) is 0 Å². The number of amides is 2. The third-order valence-corrected chi connectivity index (χ3v) is 5.62. The molecule has 2 aromatic rings. The van der Waals surface area contributed by atoms with E-state index in [1.54, 1.807) is 0 Å². The zero-order chi connectivity index (χ0) is 20.9. The second kappa shape index (κ2) is 9.25. The van der Waals surface area contributed by atoms with Gasteiger partial charge >= 0.3 is 0 Å². The average molecular weight is 393 g/mol. The third kappa shape index (κ3) is 5.93. The fourth-order valence-electron chi connectivity index (χ4n) is 3.70. The maximum absolute atomic E-state index is 12.4. The monoisotopic (exact) mass is 392 g/mol. The lowest BCUT2D eigenvalue weighted by atomic mass is 9.87. The molecule has 1 saturated carbocycles. The van der Waals surface area contributed by atoms with E-state index in [-0.39, 0.29) is 17.2 Å². The summed E-state index contributed by atoms with van der Waals surface area (Å²) in [5.74, 6) is -0.101. The van der Waals surface area contributed by atoms with Crippen LogP contribution in [0.4, 0.5) is 0 Å². The van der Waals surface area contributed by atoms with Crippen molar-refractivity contribution >= 4 is 11.8 Å². The predicted octanol–water partition coefficient (Wildman–Crippen LogP) is 4.98. The summed E-state index contributed by atoms with van der Waals surface area (Å²) in [6, 6.07) is 15.5. The lowest BCUT2D eigenvalue weighted by Gasteiger charge is -2.22. The molecular formula is C25H32N2O2. The minimum atomic E-state index is -0.0930. The second-order valence-electron chi connectivity index (χ2n) is 9.02. The number of nitrogens with one attached hydrogen (secondary N) is 2. The van der Waals surface area contributed by atoms with Gasteiger partial charge in [0.25, 0.3) is 11.8 Å². The first-order valence-electron chi connectivity index (χ1n) is 10.6.